The van der Waals surface area contributed by atoms with Crippen molar-refractivity contribution in [3.8, 4) is 0 Å². The summed E-state index contributed by atoms with van der Waals surface area (Å²) in [5, 5.41) is 3.39. The fourth-order valence-corrected chi connectivity index (χ4v) is 5.91. The van der Waals surface area contributed by atoms with E-state index in [4.69, 9.17) is 11.6 Å². The molecule has 4 rings (SSSR count). The maximum atomic E-state index is 12.4. The minimum Gasteiger partial charge on any atom is -0.299 e. The number of piperidine rings is 1. The maximum absolute atomic E-state index is 12.4. The second kappa shape index (κ2) is 7.85. The van der Waals surface area contributed by atoms with Gasteiger partial charge in [0.25, 0.3) is 0 Å². The summed E-state index contributed by atoms with van der Waals surface area (Å²) in [6.07, 6.45) is 1.56. The van der Waals surface area contributed by atoms with Crippen LogP contribution in [-0.4, -0.2) is 37.4 Å². The predicted octanol–water partition coefficient (Wildman–Crippen LogP) is 3.89. The van der Waals surface area contributed by atoms with Gasteiger partial charge in [-0.1, -0.05) is 35.9 Å². The zero-order valence-corrected chi connectivity index (χ0v) is 17.0. The normalized spacial score (nSPS) is 16.8. The number of halogens is 1. The van der Waals surface area contributed by atoms with Gasteiger partial charge in [0.1, 0.15) is 9.36 Å². The van der Waals surface area contributed by atoms with Crippen molar-refractivity contribution in [2.75, 3.05) is 13.1 Å². The summed E-state index contributed by atoms with van der Waals surface area (Å²) in [5.41, 5.74) is 1.90. The van der Waals surface area contributed by atoms with E-state index in [9.17, 15) is 8.42 Å². The van der Waals surface area contributed by atoms with Gasteiger partial charge in [-0.15, -0.1) is 11.3 Å². The van der Waals surface area contributed by atoms with Crippen molar-refractivity contribution in [1.82, 2.24) is 14.6 Å². The van der Waals surface area contributed by atoms with Crippen molar-refractivity contribution in [3.63, 3.8) is 0 Å². The molecule has 0 amide bonds. The summed E-state index contributed by atoms with van der Waals surface area (Å²) in [4.78, 5) is 6.78. The van der Waals surface area contributed by atoms with Crippen LogP contribution in [0, 0.1) is 0 Å². The average Bonchev–Trinajstić information content (AvgIpc) is 3.19. The lowest BCUT2D eigenvalue weighted by atomic mass is 10.1. The van der Waals surface area contributed by atoms with Gasteiger partial charge in [0.15, 0.2) is 0 Å². The number of thiophene rings is 1. The Hall–Kier alpha value is -1.51. The molecule has 1 aliphatic rings. The molecule has 1 N–H and O–H groups in total. The van der Waals surface area contributed by atoms with E-state index in [-0.39, 0.29) is 6.04 Å². The molecule has 0 bridgehead atoms. The molecular formula is C19H20ClN3O2S2. The van der Waals surface area contributed by atoms with Crippen molar-refractivity contribution in [2.24, 2.45) is 0 Å². The number of para-hydroxylation sites is 1. The third kappa shape index (κ3) is 4.33. The number of pyridine rings is 1. The van der Waals surface area contributed by atoms with E-state index in [0.717, 1.165) is 48.9 Å². The summed E-state index contributed by atoms with van der Waals surface area (Å²) >= 11 is 7.61. The molecule has 0 unspecified atom stereocenters. The first-order valence-electron chi connectivity index (χ1n) is 8.84. The molecule has 1 saturated heterocycles. The number of hydrogen-bond donors (Lipinski definition) is 1. The van der Waals surface area contributed by atoms with Crippen LogP contribution < -0.4 is 4.72 Å². The molecule has 1 fully saturated rings. The lowest BCUT2D eigenvalue weighted by molar-refractivity contribution is 0.200. The molecule has 0 spiro atoms. The highest BCUT2D eigenvalue weighted by Gasteiger charge is 2.25. The molecule has 0 aliphatic carbocycles. The largest absolute Gasteiger partial charge is 0.299 e. The Labute approximate surface area is 168 Å². The van der Waals surface area contributed by atoms with Crippen molar-refractivity contribution < 1.29 is 8.42 Å². The Morgan fingerprint density at radius 3 is 2.70 bits per heavy atom. The fraction of sp³-hybridized carbons (Fsp3) is 0.316. The first kappa shape index (κ1) is 18.8. The van der Waals surface area contributed by atoms with E-state index in [0.29, 0.717) is 9.36 Å². The number of aromatic nitrogens is 1. The van der Waals surface area contributed by atoms with Crippen LogP contribution in [0.3, 0.4) is 0 Å². The molecule has 0 atom stereocenters. The Morgan fingerprint density at radius 2 is 1.96 bits per heavy atom. The molecule has 1 aromatic carbocycles. The molecule has 1 aliphatic heterocycles. The second-order valence-corrected chi connectivity index (χ2v) is 9.98. The molecule has 142 valence electrons. The van der Waals surface area contributed by atoms with Gasteiger partial charge in [-0.05, 0) is 36.4 Å². The molecule has 0 radical (unpaired) electrons. The number of likely N-dealkylation sites (tertiary alicyclic amines) is 1. The van der Waals surface area contributed by atoms with Gasteiger partial charge >= 0.3 is 0 Å². The second-order valence-electron chi connectivity index (χ2n) is 6.73. The molecule has 8 heteroatoms. The van der Waals surface area contributed by atoms with E-state index < -0.39 is 10.0 Å². The lowest BCUT2D eigenvalue weighted by Gasteiger charge is -2.32. The molecule has 27 heavy (non-hydrogen) atoms. The molecule has 3 aromatic rings. The van der Waals surface area contributed by atoms with E-state index >= 15 is 0 Å². The van der Waals surface area contributed by atoms with Crippen LogP contribution in [0.5, 0.6) is 0 Å². The van der Waals surface area contributed by atoms with Gasteiger partial charge in [-0.25, -0.2) is 18.1 Å². The van der Waals surface area contributed by atoms with Crippen LogP contribution in [0.4, 0.5) is 0 Å². The van der Waals surface area contributed by atoms with E-state index in [1.165, 1.54) is 11.3 Å². The maximum Gasteiger partial charge on any atom is 0.250 e. The lowest BCUT2D eigenvalue weighted by Crippen LogP contribution is -2.44. The van der Waals surface area contributed by atoms with E-state index in [2.05, 4.69) is 20.7 Å². The van der Waals surface area contributed by atoms with Gasteiger partial charge in [0.05, 0.1) is 5.52 Å². The molecule has 5 nitrogen and oxygen atoms in total. The highest BCUT2D eigenvalue weighted by Crippen LogP contribution is 2.24. The molecule has 3 heterocycles. The summed E-state index contributed by atoms with van der Waals surface area (Å²) < 4.78 is 27.9. The van der Waals surface area contributed by atoms with Crippen LogP contribution in [0.1, 0.15) is 18.4 Å². The van der Waals surface area contributed by atoms with Crippen LogP contribution in [0.25, 0.3) is 10.9 Å². The Balaban J connectivity index is 1.38. The van der Waals surface area contributed by atoms with Crippen LogP contribution in [-0.2, 0) is 16.6 Å². The highest BCUT2D eigenvalue weighted by molar-refractivity contribution is 7.91. The quantitative estimate of drug-likeness (QED) is 0.635. The Morgan fingerprint density at radius 1 is 1.19 bits per heavy atom. The van der Waals surface area contributed by atoms with Gasteiger partial charge in [-0.2, -0.15) is 0 Å². The van der Waals surface area contributed by atoms with Crippen LogP contribution in [0.2, 0.25) is 5.15 Å². The SMILES string of the molecule is O=S(=O)(NC1CCN(Cc2cc3ccccc3nc2Cl)CC1)c1cccs1. The predicted molar refractivity (Wildman–Crippen MR) is 110 cm³/mol. The monoisotopic (exact) mass is 421 g/mol. The third-order valence-electron chi connectivity index (χ3n) is 4.81. The Bertz CT molecular complexity index is 1030. The number of benzene rings is 1. The van der Waals surface area contributed by atoms with Gasteiger partial charge in [0, 0.05) is 36.6 Å². The minimum absolute atomic E-state index is 0.0291. The van der Waals surface area contributed by atoms with Crippen molar-refractivity contribution in [1.29, 1.82) is 0 Å². The standard InChI is InChI=1S/C19H20ClN3O2S2/c20-19-15(12-14-4-1-2-5-17(14)21-19)13-23-9-7-16(8-10-23)22-27(24,25)18-6-3-11-26-18/h1-6,11-12,16,22H,7-10,13H2. The Kier molecular flexibility index (Phi) is 5.48. The average molecular weight is 422 g/mol. The number of sulfonamides is 1. The van der Waals surface area contributed by atoms with E-state index in [1.54, 1.807) is 17.5 Å². The molecule has 0 saturated carbocycles. The van der Waals surface area contributed by atoms with Crippen molar-refractivity contribution in [2.45, 2.75) is 29.6 Å². The topological polar surface area (TPSA) is 62.3 Å². The number of fused-ring (bicyclic) bond motifs is 1. The zero-order valence-electron chi connectivity index (χ0n) is 14.6. The van der Waals surface area contributed by atoms with Gasteiger partial charge < -0.3 is 0 Å². The summed E-state index contributed by atoms with van der Waals surface area (Å²) in [7, 11) is -3.41. The minimum atomic E-state index is -3.41. The molecule has 2 aromatic heterocycles. The summed E-state index contributed by atoms with van der Waals surface area (Å²) in [6, 6.07) is 13.4. The van der Waals surface area contributed by atoms with Crippen molar-refractivity contribution >= 4 is 43.9 Å². The number of nitrogens with one attached hydrogen (secondary N) is 1. The summed E-state index contributed by atoms with van der Waals surface area (Å²) in [5.74, 6) is 0. The highest BCUT2D eigenvalue weighted by atomic mass is 35.5. The van der Waals surface area contributed by atoms with Crippen LogP contribution >= 0.6 is 22.9 Å². The van der Waals surface area contributed by atoms with Crippen LogP contribution in [0.15, 0.2) is 52.1 Å². The summed E-state index contributed by atoms with van der Waals surface area (Å²) in [6.45, 7) is 2.36. The number of rotatable bonds is 5. The first-order valence-corrected chi connectivity index (χ1v) is 11.6. The van der Waals surface area contributed by atoms with Gasteiger partial charge in [-0.3, -0.25) is 4.90 Å². The smallest absolute Gasteiger partial charge is 0.250 e. The van der Waals surface area contributed by atoms with E-state index in [1.807, 2.05) is 24.3 Å². The zero-order chi connectivity index (χ0) is 18.9. The fourth-order valence-electron chi connectivity index (χ4n) is 3.39. The first-order chi connectivity index (χ1) is 13.0. The van der Waals surface area contributed by atoms with Gasteiger partial charge in [0.2, 0.25) is 10.0 Å². The third-order valence-corrected chi connectivity index (χ3v) is 8.06. The number of nitrogens with zero attached hydrogens (tertiary/aromatic N) is 2. The number of hydrogen-bond acceptors (Lipinski definition) is 5. The molecular weight excluding hydrogens is 402 g/mol. The van der Waals surface area contributed by atoms with Crippen molar-refractivity contribution in [3.05, 3.63) is 58.6 Å².